The molecule has 1 rings (SSSR count). The van der Waals surface area contributed by atoms with Gasteiger partial charge < -0.3 is 10.6 Å². The maximum absolute atomic E-state index is 11.2. The summed E-state index contributed by atoms with van der Waals surface area (Å²) in [6.45, 7) is 11.0. The molecule has 0 aliphatic carbocycles. The molecule has 3 nitrogen and oxygen atoms in total. The highest BCUT2D eigenvalue weighted by Crippen LogP contribution is 2.15. The van der Waals surface area contributed by atoms with E-state index in [0.29, 0.717) is 12.1 Å². The van der Waals surface area contributed by atoms with Crippen LogP contribution in [0.5, 0.6) is 0 Å². The van der Waals surface area contributed by atoms with Crippen molar-refractivity contribution in [2.45, 2.75) is 27.2 Å². The van der Waals surface area contributed by atoms with Crippen LogP contribution in [0.2, 0.25) is 0 Å². The van der Waals surface area contributed by atoms with Crippen molar-refractivity contribution in [3.05, 3.63) is 41.5 Å². The molecule has 98 valence electrons. The minimum absolute atomic E-state index is 0.0678. The molecule has 0 unspecified atom stereocenters. The summed E-state index contributed by atoms with van der Waals surface area (Å²) in [5.41, 5.74) is 4.21. The molecule has 0 bridgehead atoms. The van der Waals surface area contributed by atoms with Gasteiger partial charge in [-0.2, -0.15) is 0 Å². The molecular weight excluding hydrogens is 224 g/mol. The summed E-state index contributed by atoms with van der Waals surface area (Å²) in [4.78, 5) is 11.2. The summed E-state index contributed by atoms with van der Waals surface area (Å²) in [5, 5.41) is 6.20. The highest BCUT2D eigenvalue weighted by atomic mass is 16.1. The molecule has 0 radical (unpaired) electrons. The molecule has 0 aliphatic heterocycles. The van der Waals surface area contributed by atoms with Gasteiger partial charge in [0.05, 0.1) is 0 Å². The van der Waals surface area contributed by atoms with E-state index < -0.39 is 0 Å². The molecule has 1 amide bonds. The molecule has 0 saturated carbocycles. The molecule has 0 spiro atoms. The van der Waals surface area contributed by atoms with Crippen molar-refractivity contribution in [1.82, 2.24) is 5.32 Å². The number of amides is 1. The minimum atomic E-state index is -0.0678. The zero-order valence-corrected chi connectivity index (χ0v) is 11.5. The Labute approximate surface area is 109 Å². The molecule has 0 saturated heterocycles. The van der Waals surface area contributed by atoms with E-state index in [1.54, 1.807) is 6.92 Å². The lowest BCUT2D eigenvalue weighted by Gasteiger charge is -2.10. The lowest BCUT2D eigenvalue weighted by Crippen LogP contribution is -2.26. The number of rotatable bonds is 6. The highest BCUT2D eigenvalue weighted by Gasteiger charge is 2.00. The van der Waals surface area contributed by atoms with E-state index in [2.05, 4.69) is 49.3 Å². The minimum Gasteiger partial charge on any atom is -0.385 e. The molecule has 0 aliphatic rings. The first-order valence-electron chi connectivity index (χ1n) is 6.25. The summed E-state index contributed by atoms with van der Waals surface area (Å²) in [7, 11) is 0. The second-order valence-corrected chi connectivity index (χ2v) is 4.63. The maximum atomic E-state index is 11.2. The fraction of sp³-hybridized carbons (Fsp3) is 0.400. The predicted molar refractivity (Wildman–Crippen MR) is 76.8 cm³/mol. The Morgan fingerprint density at radius 2 is 2.00 bits per heavy atom. The molecule has 0 atom stereocenters. The Kier molecular flexibility index (Phi) is 5.43. The van der Waals surface area contributed by atoms with E-state index in [4.69, 9.17) is 0 Å². The number of hydrogen-bond donors (Lipinski definition) is 2. The van der Waals surface area contributed by atoms with Crippen LogP contribution in [0.3, 0.4) is 0 Å². The largest absolute Gasteiger partial charge is 0.385 e. The van der Waals surface area contributed by atoms with Crippen molar-refractivity contribution in [1.29, 1.82) is 0 Å². The van der Waals surface area contributed by atoms with Gasteiger partial charge in [-0.25, -0.2) is 0 Å². The number of hydrogen-bond acceptors (Lipinski definition) is 2. The summed E-state index contributed by atoms with van der Waals surface area (Å²) >= 11 is 0. The molecule has 0 fully saturated rings. The molecule has 1 aromatic rings. The van der Waals surface area contributed by atoms with E-state index in [1.807, 2.05) is 0 Å². The number of benzene rings is 1. The van der Waals surface area contributed by atoms with Crippen LogP contribution in [0.15, 0.2) is 30.4 Å². The zero-order chi connectivity index (χ0) is 13.5. The Hall–Kier alpha value is -1.77. The topological polar surface area (TPSA) is 41.1 Å². The van der Waals surface area contributed by atoms with Crippen LogP contribution in [0.1, 0.15) is 24.5 Å². The third kappa shape index (κ3) is 4.62. The fourth-order valence-corrected chi connectivity index (χ4v) is 1.59. The molecule has 18 heavy (non-hydrogen) atoms. The predicted octanol–water partition coefficient (Wildman–Crippen LogP) is 2.80. The average molecular weight is 246 g/mol. The van der Waals surface area contributed by atoms with Crippen LogP contribution >= 0.6 is 0 Å². The van der Waals surface area contributed by atoms with Gasteiger partial charge in [0.15, 0.2) is 0 Å². The van der Waals surface area contributed by atoms with Gasteiger partial charge in [-0.05, 0) is 44.4 Å². The van der Waals surface area contributed by atoms with Crippen LogP contribution in [-0.4, -0.2) is 19.0 Å². The van der Waals surface area contributed by atoms with Gasteiger partial charge >= 0.3 is 0 Å². The maximum Gasteiger partial charge on any atom is 0.246 e. The molecule has 0 heterocycles. The van der Waals surface area contributed by atoms with Crippen molar-refractivity contribution in [3.8, 4) is 0 Å². The van der Waals surface area contributed by atoms with E-state index in [0.717, 1.165) is 13.0 Å². The first kappa shape index (κ1) is 14.3. The molecular formula is C15H22N2O. The van der Waals surface area contributed by atoms with Crippen LogP contribution in [0.25, 0.3) is 0 Å². The van der Waals surface area contributed by atoms with E-state index in [-0.39, 0.29) is 5.91 Å². The lowest BCUT2D eigenvalue weighted by molar-refractivity contribution is -0.117. The lowest BCUT2D eigenvalue weighted by atomic mass is 10.1. The van der Waals surface area contributed by atoms with Gasteiger partial charge in [-0.3, -0.25) is 4.79 Å². The van der Waals surface area contributed by atoms with Crippen molar-refractivity contribution >= 4 is 11.6 Å². The van der Waals surface area contributed by atoms with E-state index in [9.17, 15) is 4.79 Å². The number of carbonyl (C=O) groups is 1. The first-order chi connectivity index (χ1) is 8.50. The second kappa shape index (κ2) is 6.84. The number of anilines is 1. The smallest absolute Gasteiger partial charge is 0.246 e. The molecule has 2 N–H and O–H groups in total. The van der Waals surface area contributed by atoms with Crippen molar-refractivity contribution < 1.29 is 4.79 Å². The Morgan fingerprint density at radius 1 is 1.28 bits per heavy atom. The van der Waals surface area contributed by atoms with Crippen LogP contribution < -0.4 is 10.6 Å². The van der Waals surface area contributed by atoms with Gasteiger partial charge in [-0.1, -0.05) is 18.7 Å². The average Bonchev–Trinajstić information content (AvgIpc) is 2.32. The van der Waals surface area contributed by atoms with E-state index >= 15 is 0 Å². The van der Waals surface area contributed by atoms with Crippen LogP contribution in [0, 0.1) is 13.8 Å². The highest BCUT2D eigenvalue weighted by molar-refractivity contribution is 5.91. The van der Waals surface area contributed by atoms with Gasteiger partial charge in [0.25, 0.3) is 0 Å². The monoisotopic (exact) mass is 246 g/mol. The van der Waals surface area contributed by atoms with Gasteiger partial charge in [0.2, 0.25) is 5.91 Å². The third-order valence-electron chi connectivity index (χ3n) is 2.74. The SMILES string of the molecule is C=C(C)C(=O)NCCCNc1cc(C)ccc1C. The zero-order valence-electron chi connectivity index (χ0n) is 11.5. The second-order valence-electron chi connectivity index (χ2n) is 4.63. The third-order valence-corrected chi connectivity index (χ3v) is 2.74. The summed E-state index contributed by atoms with van der Waals surface area (Å²) < 4.78 is 0. The number of aryl methyl sites for hydroxylation is 2. The van der Waals surface area contributed by atoms with E-state index in [1.165, 1.54) is 16.8 Å². The van der Waals surface area contributed by atoms with Gasteiger partial charge in [0, 0.05) is 24.4 Å². The Morgan fingerprint density at radius 3 is 2.67 bits per heavy atom. The van der Waals surface area contributed by atoms with Gasteiger partial charge in [0.1, 0.15) is 0 Å². The number of carbonyl (C=O) groups excluding carboxylic acids is 1. The Bertz CT molecular complexity index is 438. The van der Waals surface area contributed by atoms with Gasteiger partial charge in [-0.15, -0.1) is 0 Å². The molecule has 0 aromatic heterocycles. The fourth-order valence-electron chi connectivity index (χ4n) is 1.59. The van der Waals surface area contributed by atoms with Crippen molar-refractivity contribution in [2.24, 2.45) is 0 Å². The van der Waals surface area contributed by atoms with Crippen LogP contribution in [-0.2, 0) is 4.79 Å². The summed E-state index contributed by atoms with van der Waals surface area (Å²) in [5.74, 6) is -0.0678. The molecule has 1 aromatic carbocycles. The summed E-state index contributed by atoms with van der Waals surface area (Å²) in [6.07, 6.45) is 0.895. The first-order valence-corrected chi connectivity index (χ1v) is 6.25. The number of nitrogens with one attached hydrogen (secondary N) is 2. The van der Waals surface area contributed by atoms with Crippen molar-refractivity contribution in [2.75, 3.05) is 18.4 Å². The quantitative estimate of drug-likeness (QED) is 0.598. The summed E-state index contributed by atoms with van der Waals surface area (Å²) in [6, 6.07) is 6.36. The molecule has 3 heteroatoms. The Balaban J connectivity index is 2.28. The van der Waals surface area contributed by atoms with Crippen LogP contribution in [0.4, 0.5) is 5.69 Å². The standard InChI is InChI=1S/C15H22N2O/c1-11(2)15(18)17-9-5-8-16-14-10-12(3)6-7-13(14)4/h6-7,10,16H,1,5,8-9H2,2-4H3,(H,17,18). The van der Waals surface area contributed by atoms with Crippen molar-refractivity contribution in [3.63, 3.8) is 0 Å². The normalized spacial score (nSPS) is 9.94.